The average molecular weight is 247 g/mol. The SMILES string of the molecule is CCCNc1cccc(CN2CC(C)CC2=O)n1. The lowest BCUT2D eigenvalue weighted by atomic mass is 10.2. The molecule has 1 aliphatic rings. The Morgan fingerprint density at radius 3 is 3.00 bits per heavy atom. The molecule has 0 aliphatic carbocycles. The van der Waals surface area contributed by atoms with Crippen molar-refractivity contribution in [1.29, 1.82) is 0 Å². The number of hydrogen-bond acceptors (Lipinski definition) is 3. The first-order chi connectivity index (χ1) is 8.69. The van der Waals surface area contributed by atoms with Crippen LogP contribution < -0.4 is 5.32 Å². The summed E-state index contributed by atoms with van der Waals surface area (Å²) in [5, 5.41) is 3.27. The van der Waals surface area contributed by atoms with Crippen molar-refractivity contribution in [2.75, 3.05) is 18.4 Å². The Hall–Kier alpha value is -1.58. The Kier molecular flexibility index (Phi) is 4.18. The van der Waals surface area contributed by atoms with Crippen LogP contribution in [0.2, 0.25) is 0 Å². The molecule has 1 aliphatic heterocycles. The second kappa shape index (κ2) is 5.85. The number of hydrogen-bond donors (Lipinski definition) is 1. The summed E-state index contributed by atoms with van der Waals surface area (Å²) in [7, 11) is 0. The molecule has 1 N–H and O–H groups in total. The van der Waals surface area contributed by atoms with E-state index >= 15 is 0 Å². The second-order valence-corrected chi connectivity index (χ2v) is 5.02. The number of carbonyl (C=O) groups is 1. The molecule has 2 rings (SSSR count). The minimum Gasteiger partial charge on any atom is -0.370 e. The molecule has 2 heterocycles. The average Bonchev–Trinajstić information content (AvgIpc) is 2.66. The largest absolute Gasteiger partial charge is 0.370 e. The van der Waals surface area contributed by atoms with Crippen molar-refractivity contribution in [2.45, 2.75) is 33.2 Å². The number of nitrogens with zero attached hydrogens (tertiary/aromatic N) is 2. The smallest absolute Gasteiger partial charge is 0.223 e. The maximum absolute atomic E-state index is 11.7. The van der Waals surface area contributed by atoms with E-state index in [1.54, 1.807) is 0 Å². The van der Waals surface area contributed by atoms with Crippen molar-refractivity contribution < 1.29 is 4.79 Å². The molecular weight excluding hydrogens is 226 g/mol. The fourth-order valence-electron chi connectivity index (χ4n) is 2.24. The summed E-state index contributed by atoms with van der Waals surface area (Å²) in [6, 6.07) is 5.94. The van der Waals surface area contributed by atoms with Crippen LogP contribution in [0.4, 0.5) is 5.82 Å². The van der Waals surface area contributed by atoms with Crippen LogP contribution in [0.1, 0.15) is 32.4 Å². The van der Waals surface area contributed by atoms with E-state index in [0.29, 0.717) is 18.9 Å². The highest BCUT2D eigenvalue weighted by atomic mass is 16.2. The molecule has 0 aromatic carbocycles. The standard InChI is InChI=1S/C14H21N3O/c1-3-7-15-13-6-4-5-12(16-13)10-17-9-11(2)8-14(17)18/h4-6,11H,3,7-10H2,1-2H3,(H,15,16). The zero-order valence-corrected chi connectivity index (χ0v) is 11.1. The number of nitrogens with one attached hydrogen (secondary N) is 1. The summed E-state index contributed by atoms with van der Waals surface area (Å²) in [6.45, 7) is 6.65. The Balaban J connectivity index is 1.98. The van der Waals surface area contributed by atoms with E-state index in [1.165, 1.54) is 0 Å². The van der Waals surface area contributed by atoms with E-state index in [0.717, 1.165) is 31.0 Å². The number of carbonyl (C=O) groups excluding carboxylic acids is 1. The van der Waals surface area contributed by atoms with Gasteiger partial charge in [0.1, 0.15) is 5.82 Å². The number of anilines is 1. The van der Waals surface area contributed by atoms with Gasteiger partial charge in [0.2, 0.25) is 5.91 Å². The predicted molar refractivity (Wildman–Crippen MR) is 72.2 cm³/mol. The van der Waals surface area contributed by atoms with Crippen molar-refractivity contribution in [2.24, 2.45) is 5.92 Å². The quantitative estimate of drug-likeness (QED) is 0.868. The van der Waals surface area contributed by atoms with Crippen LogP contribution in [0.25, 0.3) is 0 Å². The Bertz CT molecular complexity index is 419. The molecule has 1 atom stereocenters. The molecule has 4 heteroatoms. The van der Waals surface area contributed by atoms with Gasteiger partial charge in [-0.1, -0.05) is 19.9 Å². The summed E-state index contributed by atoms with van der Waals surface area (Å²) < 4.78 is 0. The molecule has 4 nitrogen and oxygen atoms in total. The third kappa shape index (κ3) is 3.22. The summed E-state index contributed by atoms with van der Waals surface area (Å²) in [6.07, 6.45) is 1.75. The van der Waals surface area contributed by atoms with Crippen molar-refractivity contribution >= 4 is 11.7 Å². The maximum atomic E-state index is 11.7. The van der Waals surface area contributed by atoms with E-state index in [2.05, 4.69) is 24.1 Å². The molecule has 18 heavy (non-hydrogen) atoms. The highest BCUT2D eigenvalue weighted by molar-refractivity contribution is 5.78. The minimum absolute atomic E-state index is 0.247. The van der Waals surface area contributed by atoms with Gasteiger partial charge in [-0.25, -0.2) is 4.98 Å². The Labute approximate surface area is 108 Å². The van der Waals surface area contributed by atoms with Gasteiger partial charge in [0.05, 0.1) is 12.2 Å². The highest BCUT2D eigenvalue weighted by Gasteiger charge is 2.26. The molecule has 1 aromatic heterocycles. The lowest BCUT2D eigenvalue weighted by Gasteiger charge is -2.16. The summed E-state index contributed by atoms with van der Waals surface area (Å²) >= 11 is 0. The van der Waals surface area contributed by atoms with E-state index < -0.39 is 0 Å². The van der Waals surface area contributed by atoms with Gasteiger partial charge in [-0.3, -0.25) is 4.79 Å². The zero-order valence-electron chi connectivity index (χ0n) is 11.1. The number of likely N-dealkylation sites (tertiary alicyclic amines) is 1. The first kappa shape index (κ1) is 12.9. The van der Waals surface area contributed by atoms with Gasteiger partial charge in [0, 0.05) is 19.5 Å². The van der Waals surface area contributed by atoms with Gasteiger partial charge in [0.25, 0.3) is 0 Å². The van der Waals surface area contributed by atoms with Crippen LogP contribution in [0.5, 0.6) is 0 Å². The number of rotatable bonds is 5. The molecule has 98 valence electrons. The van der Waals surface area contributed by atoms with E-state index in [9.17, 15) is 4.79 Å². The van der Waals surface area contributed by atoms with E-state index in [-0.39, 0.29) is 5.91 Å². The normalized spacial score (nSPS) is 19.3. The van der Waals surface area contributed by atoms with Crippen LogP contribution in [-0.4, -0.2) is 28.9 Å². The molecule has 1 fully saturated rings. The monoisotopic (exact) mass is 247 g/mol. The minimum atomic E-state index is 0.247. The van der Waals surface area contributed by atoms with Crippen molar-refractivity contribution in [3.05, 3.63) is 23.9 Å². The fourth-order valence-corrected chi connectivity index (χ4v) is 2.24. The van der Waals surface area contributed by atoms with Gasteiger partial charge in [-0.15, -0.1) is 0 Å². The van der Waals surface area contributed by atoms with Crippen LogP contribution in [-0.2, 0) is 11.3 Å². The molecule has 1 aromatic rings. The number of pyridine rings is 1. The third-order valence-corrected chi connectivity index (χ3v) is 3.12. The number of amides is 1. The molecule has 1 saturated heterocycles. The molecule has 1 unspecified atom stereocenters. The molecule has 0 bridgehead atoms. The summed E-state index contributed by atoms with van der Waals surface area (Å²) in [5.74, 6) is 1.61. The van der Waals surface area contributed by atoms with Gasteiger partial charge >= 0.3 is 0 Å². The first-order valence-corrected chi connectivity index (χ1v) is 6.66. The second-order valence-electron chi connectivity index (χ2n) is 5.02. The zero-order chi connectivity index (χ0) is 13.0. The maximum Gasteiger partial charge on any atom is 0.223 e. The van der Waals surface area contributed by atoms with Gasteiger partial charge in [0.15, 0.2) is 0 Å². The van der Waals surface area contributed by atoms with Crippen molar-refractivity contribution in [1.82, 2.24) is 9.88 Å². The first-order valence-electron chi connectivity index (χ1n) is 6.66. The topological polar surface area (TPSA) is 45.2 Å². The van der Waals surface area contributed by atoms with Gasteiger partial charge in [-0.2, -0.15) is 0 Å². The van der Waals surface area contributed by atoms with Crippen LogP contribution in [0, 0.1) is 5.92 Å². The molecule has 0 radical (unpaired) electrons. The Morgan fingerprint density at radius 2 is 2.33 bits per heavy atom. The summed E-state index contributed by atoms with van der Waals surface area (Å²) in [4.78, 5) is 18.2. The van der Waals surface area contributed by atoms with Crippen LogP contribution in [0.3, 0.4) is 0 Å². The van der Waals surface area contributed by atoms with Crippen LogP contribution in [0.15, 0.2) is 18.2 Å². The van der Waals surface area contributed by atoms with Gasteiger partial charge < -0.3 is 10.2 Å². The molecular formula is C14H21N3O. The lowest BCUT2D eigenvalue weighted by molar-refractivity contribution is -0.128. The molecule has 0 saturated carbocycles. The van der Waals surface area contributed by atoms with Crippen LogP contribution >= 0.6 is 0 Å². The van der Waals surface area contributed by atoms with Crippen molar-refractivity contribution in [3.8, 4) is 0 Å². The molecule has 1 amide bonds. The Morgan fingerprint density at radius 1 is 1.50 bits per heavy atom. The van der Waals surface area contributed by atoms with Gasteiger partial charge in [-0.05, 0) is 24.5 Å². The summed E-state index contributed by atoms with van der Waals surface area (Å²) in [5.41, 5.74) is 0.957. The van der Waals surface area contributed by atoms with E-state index in [4.69, 9.17) is 0 Å². The van der Waals surface area contributed by atoms with E-state index in [1.807, 2.05) is 23.1 Å². The highest BCUT2D eigenvalue weighted by Crippen LogP contribution is 2.19. The molecule has 0 spiro atoms. The predicted octanol–water partition coefficient (Wildman–Crippen LogP) is 2.27. The van der Waals surface area contributed by atoms with Crippen molar-refractivity contribution in [3.63, 3.8) is 0 Å². The fraction of sp³-hybridized carbons (Fsp3) is 0.571. The lowest BCUT2D eigenvalue weighted by Crippen LogP contribution is -2.25. The third-order valence-electron chi connectivity index (χ3n) is 3.12. The number of aromatic nitrogens is 1.